The monoisotopic (exact) mass is 269 g/mol. The lowest BCUT2D eigenvalue weighted by Crippen LogP contribution is -2.28. The van der Waals surface area contributed by atoms with Crippen LogP contribution in [0, 0.1) is 5.92 Å². The van der Waals surface area contributed by atoms with E-state index in [0.717, 1.165) is 12.1 Å². The SMILES string of the molecule is CCC(C)C(c1ccccc1)C(NC)c1cnccn1. The van der Waals surface area contributed by atoms with Crippen LogP contribution in [-0.2, 0) is 0 Å². The minimum Gasteiger partial charge on any atom is -0.311 e. The molecular weight excluding hydrogens is 246 g/mol. The van der Waals surface area contributed by atoms with Crippen LogP contribution in [0.1, 0.15) is 43.5 Å². The van der Waals surface area contributed by atoms with Crippen LogP contribution in [0.4, 0.5) is 0 Å². The molecule has 20 heavy (non-hydrogen) atoms. The van der Waals surface area contributed by atoms with Crippen molar-refractivity contribution in [1.29, 1.82) is 0 Å². The number of hydrogen-bond donors (Lipinski definition) is 1. The molecule has 0 aliphatic rings. The summed E-state index contributed by atoms with van der Waals surface area (Å²) in [5.41, 5.74) is 2.36. The average molecular weight is 269 g/mol. The van der Waals surface area contributed by atoms with Gasteiger partial charge in [-0.25, -0.2) is 0 Å². The molecule has 3 nitrogen and oxygen atoms in total. The topological polar surface area (TPSA) is 37.8 Å². The molecule has 0 saturated heterocycles. The maximum Gasteiger partial charge on any atom is 0.0762 e. The molecule has 0 fully saturated rings. The van der Waals surface area contributed by atoms with Crippen LogP contribution in [0.2, 0.25) is 0 Å². The Hall–Kier alpha value is -1.74. The third-order valence-electron chi connectivity index (χ3n) is 4.01. The van der Waals surface area contributed by atoms with E-state index in [1.165, 1.54) is 5.56 Å². The Morgan fingerprint density at radius 3 is 2.45 bits per heavy atom. The van der Waals surface area contributed by atoms with Crippen LogP contribution in [0.15, 0.2) is 48.9 Å². The van der Waals surface area contributed by atoms with E-state index in [1.807, 2.05) is 13.2 Å². The van der Waals surface area contributed by atoms with Gasteiger partial charge in [-0.2, -0.15) is 0 Å². The number of hydrogen-bond acceptors (Lipinski definition) is 3. The van der Waals surface area contributed by atoms with Crippen LogP contribution in [0.5, 0.6) is 0 Å². The first kappa shape index (κ1) is 14.7. The highest BCUT2D eigenvalue weighted by Gasteiger charge is 2.28. The van der Waals surface area contributed by atoms with Crippen LogP contribution in [0.25, 0.3) is 0 Å². The highest BCUT2D eigenvalue weighted by atomic mass is 14.9. The number of likely N-dealkylation sites (N-methyl/N-ethyl adjacent to an activating group) is 1. The summed E-state index contributed by atoms with van der Waals surface area (Å²) in [7, 11) is 2.00. The standard InChI is InChI=1S/C17H23N3/c1-4-13(2)16(14-8-6-5-7-9-14)17(18-3)15-12-19-10-11-20-15/h5-13,16-18H,4H2,1-3H3. The summed E-state index contributed by atoms with van der Waals surface area (Å²) in [6, 6.07) is 10.9. The minimum atomic E-state index is 0.182. The molecule has 106 valence electrons. The van der Waals surface area contributed by atoms with Crippen LogP contribution in [-0.4, -0.2) is 17.0 Å². The maximum atomic E-state index is 4.49. The third-order valence-corrected chi connectivity index (χ3v) is 4.01. The van der Waals surface area contributed by atoms with E-state index in [1.54, 1.807) is 12.4 Å². The fourth-order valence-electron chi connectivity index (χ4n) is 2.76. The molecule has 2 rings (SSSR count). The minimum absolute atomic E-state index is 0.182. The second-order valence-electron chi connectivity index (χ2n) is 5.22. The summed E-state index contributed by atoms with van der Waals surface area (Å²) in [6.45, 7) is 4.54. The zero-order valence-electron chi connectivity index (χ0n) is 12.5. The Morgan fingerprint density at radius 1 is 1.15 bits per heavy atom. The van der Waals surface area contributed by atoms with E-state index >= 15 is 0 Å². The van der Waals surface area contributed by atoms with E-state index in [-0.39, 0.29) is 6.04 Å². The average Bonchev–Trinajstić information content (AvgIpc) is 2.53. The summed E-state index contributed by atoms with van der Waals surface area (Å²) >= 11 is 0. The van der Waals surface area contributed by atoms with E-state index < -0.39 is 0 Å². The molecule has 3 atom stereocenters. The molecule has 3 unspecified atom stereocenters. The fraction of sp³-hybridized carbons (Fsp3) is 0.412. The van der Waals surface area contributed by atoms with Crippen molar-refractivity contribution in [2.45, 2.75) is 32.2 Å². The van der Waals surface area contributed by atoms with E-state index in [2.05, 4.69) is 59.5 Å². The van der Waals surface area contributed by atoms with Gasteiger partial charge >= 0.3 is 0 Å². The van der Waals surface area contributed by atoms with Gasteiger partial charge in [0, 0.05) is 24.5 Å². The molecule has 0 amide bonds. The molecule has 0 aliphatic heterocycles. The Balaban J connectivity index is 2.39. The van der Waals surface area contributed by atoms with Crippen molar-refractivity contribution in [3.63, 3.8) is 0 Å². The zero-order chi connectivity index (χ0) is 14.4. The lowest BCUT2D eigenvalue weighted by Gasteiger charge is -2.31. The largest absolute Gasteiger partial charge is 0.311 e. The van der Waals surface area contributed by atoms with Crippen molar-refractivity contribution >= 4 is 0 Å². The van der Waals surface area contributed by atoms with Crippen molar-refractivity contribution in [1.82, 2.24) is 15.3 Å². The van der Waals surface area contributed by atoms with Gasteiger partial charge < -0.3 is 5.32 Å². The molecule has 3 heteroatoms. The van der Waals surface area contributed by atoms with Gasteiger partial charge in [0.1, 0.15) is 0 Å². The van der Waals surface area contributed by atoms with Crippen molar-refractivity contribution in [3.05, 3.63) is 60.2 Å². The molecule has 1 aromatic carbocycles. The summed E-state index contributed by atoms with van der Waals surface area (Å²) < 4.78 is 0. The summed E-state index contributed by atoms with van der Waals surface area (Å²) in [4.78, 5) is 8.70. The molecule has 2 aromatic rings. The first-order valence-electron chi connectivity index (χ1n) is 7.26. The molecule has 0 bridgehead atoms. The van der Waals surface area contributed by atoms with Crippen molar-refractivity contribution < 1.29 is 0 Å². The predicted molar refractivity (Wildman–Crippen MR) is 82.5 cm³/mol. The highest BCUT2D eigenvalue weighted by Crippen LogP contribution is 2.37. The molecular formula is C17H23N3. The van der Waals surface area contributed by atoms with Crippen LogP contribution >= 0.6 is 0 Å². The quantitative estimate of drug-likeness (QED) is 0.871. The van der Waals surface area contributed by atoms with Gasteiger partial charge in [0.25, 0.3) is 0 Å². The molecule has 1 aromatic heterocycles. The highest BCUT2D eigenvalue weighted by molar-refractivity contribution is 5.25. The van der Waals surface area contributed by atoms with Gasteiger partial charge in [-0.3, -0.25) is 9.97 Å². The summed E-state index contributed by atoms with van der Waals surface area (Å²) in [5.74, 6) is 0.958. The number of benzene rings is 1. The predicted octanol–water partition coefficient (Wildman–Crippen LogP) is 3.57. The summed E-state index contributed by atoms with van der Waals surface area (Å²) in [6.07, 6.45) is 6.48. The fourth-order valence-corrected chi connectivity index (χ4v) is 2.76. The Kier molecular flexibility index (Phi) is 5.24. The lowest BCUT2D eigenvalue weighted by atomic mass is 9.79. The van der Waals surface area contributed by atoms with Gasteiger partial charge in [-0.15, -0.1) is 0 Å². The molecule has 1 heterocycles. The molecule has 0 saturated carbocycles. The molecule has 0 radical (unpaired) electrons. The van der Waals surface area contributed by atoms with E-state index in [4.69, 9.17) is 0 Å². The number of nitrogens with one attached hydrogen (secondary N) is 1. The second kappa shape index (κ2) is 7.15. The summed E-state index contributed by atoms with van der Waals surface area (Å²) in [5, 5.41) is 3.43. The first-order valence-corrected chi connectivity index (χ1v) is 7.26. The van der Waals surface area contributed by atoms with E-state index in [0.29, 0.717) is 11.8 Å². The van der Waals surface area contributed by atoms with Gasteiger partial charge in [0.15, 0.2) is 0 Å². The number of nitrogens with zero attached hydrogens (tertiary/aromatic N) is 2. The zero-order valence-corrected chi connectivity index (χ0v) is 12.5. The van der Waals surface area contributed by atoms with Crippen molar-refractivity contribution in [3.8, 4) is 0 Å². The van der Waals surface area contributed by atoms with Crippen LogP contribution in [0.3, 0.4) is 0 Å². The number of aromatic nitrogens is 2. The third kappa shape index (κ3) is 3.23. The van der Waals surface area contributed by atoms with Gasteiger partial charge in [0.2, 0.25) is 0 Å². The van der Waals surface area contributed by atoms with Crippen LogP contribution < -0.4 is 5.32 Å². The lowest BCUT2D eigenvalue weighted by molar-refractivity contribution is 0.348. The van der Waals surface area contributed by atoms with Gasteiger partial charge in [-0.05, 0) is 18.5 Å². The van der Waals surface area contributed by atoms with Gasteiger partial charge in [0.05, 0.1) is 11.7 Å². The molecule has 1 N–H and O–H groups in total. The van der Waals surface area contributed by atoms with Crippen molar-refractivity contribution in [2.75, 3.05) is 7.05 Å². The Morgan fingerprint density at radius 2 is 1.90 bits per heavy atom. The Labute approximate surface area is 121 Å². The second-order valence-corrected chi connectivity index (χ2v) is 5.22. The smallest absolute Gasteiger partial charge is 0.0762 e. The number of rotatable bonds is 6. The van der Waals surface area contributed by atoms with Gasteiger partial charge in [-0.1, -0.05) is 50.6 Å². The normalized spacial score (nSPS) is 15.6. The van der Waals surface area contributed by atoms with E-state index in [9.17, 15) is 0 Å². The molecule has 0 aliphatic carbocycles. The Bertz CT molecular complexity index is 498. The van der Waals surface area contributed by atoms with Crippen molar-refractivity contribution in [2.24, 2.45) is 5.92 Å². The molecule has 0 spiro atoms. The maximum absolute atomic E-state index is 4.49. The first-order chi connectivity index (χ1) is 9.77.